The average molecular weight is 189 g/mol. The second-order valence-corrected chi connectivity index (χ2v) is 3.20. The number of ether oxygens (including phenoxy) is 1. The largest absolute Gasteiger partial charge is 0.480 e. The molecule has 1 rings (SSSR count). The molecule has 0 aromatic rings. The van der Waals surface area contributed by atoms with Crippen molar-refractivity contribution in [3.8, 4) is 0 Å². The molecule has 1 fully saturated rings. The van der Waals surface area contributed by atoms with E-state index in [2.05, 4.69) is 0 Å². The topological polar surface area (TPSA) is 70.0 Å². The summed E-state index contributed by atoms with van der Waals surface area (Å²) in [5, 5.41) is 18.0. The number of rotatable bonds is 4. The molecule has 5 heteroatoms. The van der Waals surface area contributed by atoms with Crippen LogP contribution in [0.2, 0.25) is 0 Å². The van der Waals surface area contributed by atoms with Crippen LogP contribution >= 0.6 is 0 Å². The normalized spacial score (nSPS) is 26.2. The SMILES string of the molecule is COC(O)[C@@H]1CCCN1CC(=O)O. The third-order valence-electron chi connectivity index (χ3n) is 2.32. The molecule has 1 aliphatic rings. The van der Waals surface area contributed by atoms with Gasteiger partial charge >= 0.3 is 5.97 Å². The maximum Gasteiger partial charge on any atom is 0.317 e. The number of methoxy groups -OCH3 is 1. The Morgan fingerprint density at radius 1 is 1.77 bits per heavy atom. The number of hydrogen-bond acceptors (Lipinski definition) is 4. The lowest BCUT2D eigenvalue weighted by Gasteiger charge is -2.25. The van der Waals surface area contributed by atoms with Crippen molar-refractivity contribution in [1.82, 2.24) is 4.90 Å². The van der Waals surface area contributed by atoms with Crippen molar-refractivity contribution in [3.05, 3.63) is 0 Å². The quantitative estimate of drug-likeness (QED) is 0.583. The van der Waals surface area contributed by atoms with Gasteiger partial charge < -0.3 is 14.9 Å². The molecule has 0 aromatic heterocycles. The van der Waals surface area contributed by atoms with Gasteiger partial charge in [0.2, 0.25) is 0 Å². The fourth-order valence-corrected chi connectivity index (χ4v) is 1.70. The molecule has 0 spiro atoms. The summed E-state index contributed by atoms with van der Waals surface area (Å²) < 4.78 is 4.77. The predicted molar refractivity (Wildman–Crippen MR) is 45.2 cm³/mol. The molecule has 13 heavy (non-hydrogen) atoms. The van der Waals surface area contributed by atoms with E-state index in [0.29, 0.717) is 0 Å². The summed E-state index contributed by atoms with van der Waals surface area (Å²) in [7, 11) is 1.42. The highest BCUT2D eigenvalue weighted by atomic mass is 16.6. The van der Waals surface area contributed by atoms with Gasteiger partial charge in [-0.1, -0.05) is 0 Å². The minimum atomic E-state index is -0.873. The van der Waals surface area contributed by atoms with Crippen molar-refractivity contribution < 1.29 is 19.7 Å². The van der Waals surface area contributed by atoms with E-state index in [1.54, 1.807) is 4.90 Å². The van der Waals surface area contributed by atoms with Gasteiger partial charge in [-0.05, 0) is 19.4 Å². The highest BCUT2D eigenvalue weighted by molar-refractivity contribution is 5.69. The smallest absolute Gasteiger partial charge is 0.317 e. The second kappa shape index (κ2) is 4.55. The fraction of sp³-hybridized carbons (Fsp3) is 0.875. The van der Waals surface area contributed by atoms with Gasteiger partial charge in [-0.25, -0.2) is 0 Å². The molecule has 0 aromatic carbocycles. The Kier molecular flexibility index (Phi) is 3.65. The summed E-state index contributed by atoms with van der Waals surface area (Å²) in [5.74, 6) is -0.866. The number of aliphatic carboxylic acids is 1. The number of carboxylic acids is 1. The van der Waals surface area contributed by atoms with Crippen LogP contribution < -0.4 is 0 Å². The zero-order valence-electron chi connectivity index (χ0n) is 7.64. The Hall–Kier alpha value is -0.650. The summed E-state index contributed by atoms with van der Waals surface area (Å²) in [6.45, 7) is 0.697. The van der Waals surface area contributed by atoms with E-state index in [1.165, 1.54) is 7.11 Å². The third kappa shape index (κ3) is 2.65. The van der Waals surface area contributed by atoms with E-state index in [1.807, 2.05) is 0 Å². The lowest BCUT2D eigenvalue weighted by atomic mass is 10.2. The van der Waals surface area contributed by atoms with Crippen LogP contribution in [0.15, 0.2) is 0 Å². The number of nitrogens with zero attached hydrogens (tertiary/aromatic N) is 1. The summed E-state index contributed by atoms with van der Waals surface area (Å²) in [6, 6.07) is -0.166. The number of carboxylic acid groups (broad SMARTS) is 1. The molecule has 2 atom stereocenters. The number of aliphatic hydroxyl groups is 1. The van der Waals surface area contributed by atoms with Gasteiger partial charge in [0.25, 0.3) is 0 Å². The first-order valence-corrected chi connectivity index (χ1v) is 4.32. The summed E-state index contributed by atoms with van der Waals surface area (Å²) >= 11 is 0. The minimum Gasteiger partial charge on any atom is -0.480 e. The lowest BCUT2D eigenvalue weighted by molar-refractivity contribution is -0.144. The van der Waals surface area contributed by atoms with Crippen LogP contribution in [0.5, 0.6) is 0 Å². The molecule has 0 saturated carbocycles. The molecular formula is C8H15NO4. The van der Waals surface area contributed by atoms with E-state index in [-0.39, 0.29) is 12.6 Å². The van der Waals surface area contributed by atoms with Crippen molar-refractivity contribution >= 4 is 5.97 Å². The summed E-state index contributed by atoms with van der Waals surface area (Å²) in [5.41, 5.74) is 0. The first kappa shape index (κ1) is 10.4. The van der Waals surface area contributed by atoms with E-state index in [0.717, 1.165) is 19.4 Å². The average Bonchev–Trinajstić information content (AvgIpc) is 2.50. The zero-order chi connectivity index (χ0) is 9.84. The number of carbonyl (C=O) groups is 1. The molecule has 76 valence electrons. The highest BCUT2D eigenvalue weighted by Crippen LogP contribution is 2.19. The molecular weight excluding hydrogens is 174 g/mol. The van der Waals surface area contributed by atoms with E-state index in [9.17, 15) is 9.90 Å². The van der Waals surface area contributed by atoms with Crippen molar-refractivity contribution in [2.24, 2.45) is 0 Å². The lowest BCUT2D eigenvalue weighted by Crippen LogP contribution is -2.42. The molecule has 1 unspecified atom stereocenters. The van der Waals surface area contributed by atoms with Crippen LogP contribution in [-0.4, -0.2) is 53.6 Å². The molecule has 0 amide bonds. The Labute approximate surface area is 76.9 Å². The van der Waals surface area contributed by atoms with E-state index < -0.39 is 12.3 Å². The molecule has 1 aliphatic heterocycles. The van der Waals surface area contributed by atoms with Gasteiger partial charge in [-0.2, -0.15) is 0 Å². The van der Waals surface area contributed by atoms with Crippen LogP contribution in [0.1, 0.15) is 12.8 Å². The van der Waals surface area contributed by atoms with Crippen molar-refractivity contribution in [1.29, 1.82) is 0 Å². The van der Waals surface area contributed by atoms with Crippen LogP contribution in [-0.2, 0) is 9.53 Å². The van der Waals surface area contributed by atoms with Gasteiger partial charge in [0.1, 0.15) is 0 Å². The Morgan fingerprint density at radius 3 is 3.00 bits per heavy atom. The molecule has 5 nitrogen and oxygen atoms in total. The van der Waals surface area contributed by atoms with Crippen molar-refractivity contribution in [3.63, 3.8) is 0 Å². The van der Waals surface area contributed by atoms with Gasteiger partial charge in [0.05, 0.1) is 12.6 Å². The standard InChI is InChI=1S/C8H15NO4/c1-13-8(12)6-3-2-4-9(6)5-7(10)11/h6,8,12H,2-5H2,1H3,(H,10,11)/t6-,8?/m0/s1. The number of likely N-dealkylation sites (tertiary alicyclic amines) is 1. The van der Waals surface area contributed by atoms with Gasteiger partial charge in [-0.3, -0.25) is 9.69 Å². The maximum absolute atomic E-state index is 10.4. The number of aliphatic hydroxyl groups excluding tert-OH is 1. The van der Waals surface area contributed by atoms with E-state index in [4.69, 9.17) is 9.84 Å². The van der Waals surface area contributed by atoms with Crippen LogP contribution in [0, 0.1) is 0 Å². The molecule has 0 bridgehead atoms. The Morgan fingerprint density at radius 2 is 2.46 bits per heavy atom. The monoisotopic (exact) mass is 189 g/mol. The van der Waals surface area contributed by atoms with Crippen molar-refractivity contribution in [2.45, 2.75) is 25.2 Å². The van der Waals surface area contributed by atoms with Gasteiger partial charge in [-0.15, -0.1) is 0 Å². The minimum absolute atomic E-state index is 0.0227. The molecule has 0 radical (unpaired) electrons. The fourth-order valence-electron chi connectivity index (χ4n) is 1.70. The molecule has 1 heterocycles. The predicted octanol–water partition coefficient (Wildman–Crippen LogP) is -0.500. The first-order valence-electron chi connectivity index (χ1n) is 4.32. The highest BCUT2D eigenvalue weighted by Gasteiger charge is 2.31. The Balaban J connectivity index is 2.48. The number of hydrogen-bond donors (Lipinski definition) is 2. The molecule has 1 saturated heterocycles. The van der Waals surface area contributed by atoms with Crippen LogP contribution in [0.25, 0.3) is 0 Å². The second-order valence-electron chi connectivity index (χ2n) is 3.20. The van der Waals surface area contributed by atoms with Crippen molar-refractivity contribution in [2.75, 3.05) is 20.2 Å². The van der Waals surface area contributed by atoms with Gasteiger partial charge in [0, 0.05) is 7.11 Å². The zero-order valence-corrected chi connectivity index (χ0v) is 7.64. The molecule has 0 aliphatic carbocycles. The maximum atomic E-state index is 10.4. The Bertz CT molecular complexity index is 185. The van der Waals surface area contributed by atoms with Gasteiger partial charge in [0.15, 0.2) is 6.29 Å². The van der Waals surface area contributed by atoms with Crippen LogP contribution in [0.4, 0.5) is 0 Å². The third-order valence-corrected chi connectivity index (χ3v) is 2.32. The van der Waals surface area contributed by atoms with Crippen LogP contribution in [0.3, 0.4) is 0 Å². The first-order chi connectivity index (χ1) is 6.15. The molecule has 2 N–H and O–H groups in total. The summed E-state index contributed by atoms with van der Waals surface area (Å²) in [6.07, 6.45) is 0.836. The summed E-state index contributed by atoms with van der Waals surface area (Å²) in [4.78, 5) is 12.2. The van der Waals surface area contributed by atoms with E-state index >= 15 is 0 Å².